The van der Waals surface area contributed by atoms with Crippen LogP contribution in [0.4, 0.5) is 0 Å². The van der Waals surface area contributed by atoms with Crippen LogP contribution in [-0.4, -0.2) is 50.1 Å². The number of sulfonamides is 1. The SMILES string of the molecule is O=S(=O)(CCCCl)NC1CCN2CCCCC12. The molecule has 0 aromatic rings. The molecule has 0 radical (unpaired) electrons. The van der Waals surface area contributed by atoms with E-state index in [0.29, 0.717) is 18.3 Å². The first kappa shape index (κ1) is 13.6. The van der Waals surface area contributed by atoms with Gasteiger partial charge in [-0.05, 0) is 32.2 Å². The number of halogens is 1. The fourth-order valence-corrected chi connectivity index (χ4v) is 4.59. The van der Waals surface area contributed by atoms with E-state index in [1.165, 1.54) is 12.8 Å². The fourth-order valence-electron chi connectivity index (χ4n) is 2.92. The maximum absolute atomic E-state index is 11.8. The number of nitrogens with one attached hydrogen (secondary N) is 1. The minimum Gasteiger partial charge on any atom is -0.299 e. The first-order chi connectivity index (χ1) is 8.12. The molecule has 0 aliphatic carbocycles. The molecule has 17 heavy (non-hydrogen) atoms. The van der Waals surface area contributed by atoms with E-state index in [1.807, 2.05) is 0 Å². The molecule has 6 heteroatoms. The van der Waals surface area contributed by atoms with Crippen molar-refractivity contribution in [2.75, 3.05) is 24.7 Å². The Kier molecular flexibility index (Phi) is 4.69. The normalized spacial score (nSPS) is 30.4. The molecule has 2 aliphatic rings. The van der Waals surface area contributed by atoms with Crippen LogP contribution in [0.2, 0.25) is 0 Å². The van der Waals surface area contributed by atoms with Crippen molar-refractivity contribution >= 4 is 21.6 Å². The molecule has 0 bridgehead atoms. The number of piperidine rings is 1. The third kappa shape index (κ3) is 3.56. The van der Waals surface area contributed by atoms with Gasteiger partial charge in [0.25, 0.3) is 0 Å². The average Bonchev–Trinajstić information content (AvgIpc) is 2.70. The van der Waals surface area contributed by atoms with Crippen LogP contribution >= 0.6 is 11.6 Å². The van der Waals surface area contributed by atoms with Gasteiger partial charge in [-0.15, -0.1) is 11.6 Å². The van der Waals surface area contributed by atoms with E-state index in [9.17, 15) is 8.42 Å². The second-order valence-electron chi connectivity index (χ2n) is 4.97. The molecule has 0 amide bonds. The fraction of sp³-hybridized carbons (Fsp3) is 1.00. The summed E-state index contributed by atoms with van der Waals surface area (Å²) in [5.41, 5.74) is 0. The Bertz CT molecular complexity index is 347. The lowest BCUT2D eigenvalue weighted by Gasteiger charge is -2.32. The summed E-state index contributed by atoms with van der Waals surface area (Å²) >= 11 is 5.53. The lowest BCUT2D eigenvalue weighted by molar-refractivity contribution is 0.186. The summed E-state index contributed by atoms with van der Waals surface area (Å²) < 4.78 is 26.5. The van der Waals surface area contributed by atoms with Gasteiger partial charge in [0.15, 0.2) is 0 Å². The highest BCUT2D eigenvalue weighted by molar-refractivity contribution is 7.89. The van der Waals surface area contributed by atoms with Crippen molar-refractivity contribution in [3.63, 3.8) is 0 Å². The summed E-state index contributed by atoms with van der Waals surface area (Å²) in [5, 5.41) is 0. The van der Waals surface area contributed by atoms with Crippen LogP contribution in [0.1, 0.15) is 32.1 Å². The van der Waals surface area contributed by atoms with Crippen LogP contribution in [0.25, 0.3) is 0 Å². The van der Waals surface area contributed by atoms with Gasteiger partial charge in [-0.3, -0.25) is 4.90 Å². The van der Waals surface area contributed by atoms with E-state index in [-0.39, 0.29) is 11.8 Å². The minimum absolute atomic E-state index is 0.121. The maximum Gasteiger partial charge on any atom is 0.211 e. The molecule has 0 aromatic carbocycles. The molecule has 0 aromatic heterocycles. The van der Waals surface area contributed by atoms with Crippen LogP contribution < -0.4 is 4.72 Å². The van der Waals surface area contributed by atoms with E-state index in [1.54, 1.807) is 0 Å². The zero-order valence-electron chi connectivity index (χ0n) is 10.1. The van der Waals surface area contributed by atoms with Crippen LogP contribution in [0.15, 0.2) is 0 Å². The van der Waals surface area contributed by atoms with Gasteiger partial charge in [-0.25, -0.2) is 13.1 Å². The molecule has 4 nitrogen and oxygen atoms in total. The quantitative estimate of drug-likeness (QED) is 0.769. The van der Waals surface area contributed by atoms with Crippen molar-refractivity contribution in [2.45, 2.75) is 44.2 Å². The smallest absolute Gasteiger partial charge is 0.211 e. The number of alkyl halides is 1. The molecule has 0 saturated carbocycles. The largest absolute Gasteiger partial charge is 0.299 e. The van der Waals surface area contributed by atoms with Gasteiger partial charge in [0.1, 0.15) is 0 Å². The molecule has 2 aliphatic heterocycles. The number of hydrogen-bond acceptors (Lipinski definition) is 3. The van der Waals surface area contributed by atoms with Gasteiger partial charge < -0.3 is 0 Å². The summed E-state index contributed by atoms with van der Waals surface area (Å²) in [5.74, 6) is 0.556. The van der Waals surface area contributed by atoms with Crippen LogP contribution in [-0.2, 0) is 10.0 Å². The highest BCUT2D eigenvalue weighted by atomic mass is 35.5. The topological polar surface area (TPSA) is 49.4 Å². The zero-order valence-corrected chi connectivity index (χ0v) is 11.6. The second kappa shape index (κ2) is 5.87. The Morgan fingerprint density at radius 1 is 1.24 bits per heavy atom. The van der Waals surface area contributed by atoms with Gasteiger partial charge in [-0.2, -0.15) is 0 Å². The van der Waals surface area contributed by atoms with Crippen molar-refractivity contribution in [2.24, 2.45) is 0 Å². The molecule has 2 rings (SSSR count). The highest BCUT2D eigenvalue weighted by Crippen LogP contribution is 2.27. The molecular formula is C11H21ClN2O2S. The summed E-state index contributed by atoms with van der Waals surface area (Å²) in [7, 11) is -3.14. The van der Waals surface area contributed by atoms with Gasteiger partial charge in [0.2, 0.25) is 10.0 Å². The van der Waals surface area contributed by atoms with E-state index >= 15 is 0 Å². The maximum atomic E-state index is 11.8. The van der Waals surface area contributed by atoms with Crippen molar-refractivity contribution < 1.29 is 8.42 Å². The third-order valence-electron chi connectivity index (χ3n) is 3.73. The van der Waals surface area contributed by atoms with Crippen molar-refractivity contribution in [3.8, 4) is 0 Å². The molecule has 1 N–H and O–H groups in total. The number of nitrogens with zero attached hydrogens (tertiary/aromatic N) is 1. The van der Waals surface area contributed by atoms with E-state index in [2.05, 4.69) is 9.62 Å². The summed E-state index contributed by atoms with van der Waals surface area (Å²) in [4.78, 5) is 2.43. The molecule has 2 atom stereocenters. The predicted octanol–water partition coefficient (Wildman–Crippen LogP) is 1.16. The van der Waals surface area contributed by atoms with Crippen molar-refractivity contribution in [1.29, 1.82) is 0 Å². The summed E-state index contributed by atoms with van der Waals surface area (Å²) in [6.07, 6.45) is 5.08. The zero-order chi connectivity index (χ0) is 12.3. The Morgan fingerprint density at radius 3 is 2.82 bits per heavy atom. The van der Waals surface area contributed by atoms with Gasteiger partial charge in [0, 0.05) is 24.5 Å². The van der Waals surface area contributed by atoms with Gasteiger partial charge in [0.05, 0.1) is 5.75 Å². The molecule has 0 spiro atoms. The molecular weight excluding hydrogens is 260 g/mol. The summed E-state index contributed by atoms with van der Waals surface area (Å²) in [6, 6.07) is 0.546. The van der Waals surface area contributed by atoms with Crippen LogP contribution in [0, 0.1) is 0 Å². The van der Waals surface area contributed by atoms with E-state index < -0.39 is 10.0 Å². The molecule has 2 heterocycles. The predicted molar refractivity (Wildman–Crippen MR) is 69.9 cm³/mol. The van der Waals surface area contributed by atoms with Crippen LogP contribution in [0.3, 0.4) is 0 Å². The Morgan fingerprint density at radius 2 is 2.06 bits per heavy atom. The highest BCUT2D eigenvalue weighted by Gasteiger charge is 2.37. The first-order valence-electron chi connectivity index (χ1n) is 6.42. The van der Waals surface area contributed by atoms with Crippen LogP contribution in [0.5, 0.6) is 0 Å². The summed E-state index contributed by atoms with van der Waals surface area (Å²) in [6.45, 7) is 2.16. The molecule has 2 fully saturated rings. The molecule has 2 unspecified atom stereocenters. The molecule has 100 valence electrons. The number of hydrogen-bond donors (Lipinski definition) is 1. The lowest BCUT2D eigenvalue weighted by atomic mass is 10.00. The van der Waals surface area contributed by atoms with E-state index in [4.69, 9.17) is 11.6 Å². The average molecular weight is 281 g/mol. The van der Waals surface area contributed by atoms with Gasteiger partial charge in [-0.1, -0.05) is 6.42 Å². The second-order valence-corrected chi connectivity index (χ2v) is 7.22. The number of fused-ring (bicyclic) bond motifs is 1. The Hall–Kier alpha value is 0.160. The first-order valence-corrected chi connectivity index (χ1v) is 8.61. The minimum atomic E-state index is -3.14. The lowest BCUT2D eigenvalue weighted by Crippen LogP contribution is -2.47. The monoisotopic (exact) mass is 280 g/mol. The third-order valence-corrected chi connectivity index (χ3v) is 5.49. The Labute approximate surface area is 109 Å². The molecule has 2 saturated heterocycles. The van der Waals surface area contributed by atoms with Crippen molar-refractivity contribution in [3.05, 3.63) is 0 Å². The van der Waals surface area contributed by atoms with E-state index in [0.717, 1.165) is 25.9 Å². The number of rotatable bonds is 5. The Balaban J connectivity index is 1.90. The standard InChI is InChI=1S/C11H21ClN2O2S/c12-6-3-9-17(15,16)13-10-5-8-14-7-2-1-4-11(10)14/h10-11,13H,1-9H2. The van der Waals surface area contributed by atoms with Crippen molar-refractivity contribution in [1.82, 2.24) is 9.62 Å². The van der Waals surface area contributed by atoms with Gasteiger partial charge >= 0.3 is 0 Å².